The van der Waals surface area contributed by atoms with Gasteiger partial charge in [-0.25, -0.2) is 0 Å². The number of halogens is 3. The van der Waals surface area contributed by atoms with Crippen molar-refractivity contribution in [1.29, 1.82) is 0 Å². The monoisotopic (exact) mass is 492 g/mol. The van der Waals surface area contributed by atoms with E-state index in [1.807, 2.05) is 19.9 Å². The van der Waals surface area contributed by atoms with E-state index >= 15 is 0 Å². The lowest BCUT2D eigenvalue weighted by Gasteiger charge is -2.06. The largest absolute Gasteiger partial charge is 0.361 e. The van der Waals surface area contributed by atoms with E-state index in [9.17, 15) is 4.79 Å². The average molecular weight is 494 g/mol. The van der Waals surface area contributed by atoms with Crippen molar-refractivity contribution in [2.45, 2.75) is 33.9 Å². The number of nitrogens with zero attached hydrogens (tertiary/aromatic N) is 5. The molecule has 4 rings (SSSR count). The zero-order valence-corrected chi connectivity index (χ0v) is 19.8. The molecule has 8 nitrogen and oxygen atoms in total. The van der Waals surface area contributed by atoms with Crippen molar-refractivity contribution in [1.82, 2.24) is 24.7 Å². The van der Waals surface area contributed by atoms with E-state index in [1.54, 1.807) is 40.7 Å². The van der Waals surface area contributed by atoms with Gasteiger partial charge in [-0.1, -0.05) is 46.0 Å². The number of nitrogens with one attached hydrogen (secondary N) is 1. The third kappa shape index (κ3) is 4.53. The topological polar surface area (TPSA) is 90.8 Å². The van der Waals surface area contributed by atoms with Crippen LogP contribution in [0.25, 0.3) is 0 Å². The standard InChI is InChI=1S/C21H19Cl3N6O2/c1-11-19(24)12(2)30(26-11)10-16-13(3)32-28-20(16)21(31)25-18-6-7-29(27-18)9-14-4-5-15(22)8-17(14)23/h4-8H,9-10H2,1-3H3,(H,25,27,31). The molecule has 0 aliphatic carbocycles. The highest BCUT2D eigenvalue weighted by atomic mass is 35.5. The van der Waals surface area contributed by atoms with Gasteiger partial charge in [0.25, 0.3) is 5.91 Å². The Balaban J connectivity index is 1.50. The first-order valence-corrected chi connectivity index (χ1v) is 10.8. The van der Waals surface area contributed by atoms with Gasteiger partial charge in [0.05, 0.1) is 29.5 Å². The highest BCUT2D eigenvalue weighted by molar-refractivity contribution is 6.35. The zero-order chi connectivity index (χ0) is 23.0. The molecule has 0 bridgehead atoms. The molecule has 166 valence electrons. The molecule has 3 heterocycles. The van der Waals surface area contributed by atoms with E-state index in [1.165, 1.54) is 0 Å². The summed E-state index contributed by atoms with van der Waals surface area (Å²) in [5.74, 6) is 0.474. The lowest BCUT2D eigenvalue weighted by atomic mass is 10.2. The molecule has 0 saturated heterocycles. The minimum Gasteiger partial charge on any atom is -0.361 e. The summed E-state index contributed by atoms with van der Waals surface area (Å²) in [5, 5.41) is 17.2. The highest BCUT2D eigenvalue weighted by Crippen LogP contribution is 2.24. The Morgan fingerprint density at radius 2 is 1.88 bits per heavy atom. The maximum Gasteiger partial charge on any atom is 0.279 e. The van der Waals surface area contributed by atoms with E-state index in [4.69, 9.17) is 39.3 Å². The third-order valence-corrected chi connectivity index (χ3v) is 6.16. The lowest BCUT2D eigenvalue weighted by Crippen LogP contribution is -2.17. The molecule has 1 amide bonds. The van der Waals surface area contributed by atoms with E-state index in [-0.39, 0.29) is 5.69 Å². The number of rotatable bonds is 6. The molecular formula is C21H19Cl3N6O2. The van der Waals surface area contributed by atoms with Crippen LogP contribution in [0.2, 0.25) is 15.1 Å². The molecule has 0 atom stereocenters. The third-order valence-electron chi connectivity index (χ3n) is 5.03. The number of aryl methyl sites for hydroxylation is 2. The highest BCUT2D eigenvalue weighted by Gasteiger charge is 2.22. The van der Waals surface area contributed by atoms with Crippen LogP contribution in [0, 0.1) is 20.8 Å². The zero-order valence-electron chi connectivity index (χ0n) is 17.5. The molecule has 0 radical (unpaired) electrons. The van der Waals surface area contributed by atoms with Crippen LogP contribution in [0.1, 0.15) is 38.8 Å². The Labute approximate surface area is 199 Å². The van der Waals surface area contributed by atoms with Gasteiger partial charge in [-0.2, -0.15) is 10.2 Å². The number of carbonyl (C=O) groups is 1. The maximum atomic E-state index is 12.9. The molecular weight excluding hydrogens is 475 g/mol. The molecule has 1 N–H and O–H groups in total. The Bertz CT molecular complexity index is 1310. The normalized spacial score (nSPS) is 11.2. The van der Waals surface area contributed by atoms with Crippen LogP contribution in [-0.2, 0) is 13.1 Å². The second-order valence-electron chi connectivity index (χ2n) is 7.30. The predicted molar refractivity (Wildman–Crippen MR) is 123 cm³/mol. The SMILES string of the molecule is Cc1nn(Cc2c(C(=O)Nc3ccn(Cc4ccc(Cl)cc4Cl)n3)noc2C)c(C)c1Cl. The fourth-order valence-corrected chi connectivity index (χ4v) is 3.85. The summed E-state index contributed by atoms with van der Waals surface area (Å²) in [6.07, 6.45) is 1.74. The van der Waals surface area contributed by atoms with Crippen molar-refractivity contribution in [2.24, 2.45) is 0 Å². The summed E-state index contributed by atoms with van der Waals surface area (Å²) < 4.78 is 8.66. The molecule has 0 aliphatic rings. The van der Waals surface area contributed by atoms with Crippen LogP contribution >= 0.6 is 34.8 Å². The van der Waals surface area contributed by atoms with Gasteiger partial charge in [-0.15, -0.1) is 0 Å². The fourth-order valence-electron chi connectivity index (χ4n) is 3.25. The first kappa shape index (κ1) is 22.4. The molecule has 11 heteroatoms. The number of aromatic nitrogens is 5. The van der Waals surface area contributed by atoms with Crippen LogP contribution in [0.5, 0.6) is 0 Å². The molecule has 0 spiro atoms. The Morgan fingerprint density at radius 1 is 1.09 bits per heavy atom. The van der Waals surface area contributed by atoms with Crippen molar-refractivity contribution in [2.75, 3.05) is 5.32 Å². The molecule has 0 unspecified atom stereocenters. The van der Waals surface area contributed by atoms with Crippen LogP contribution in [0.3, 0.4) is 0 Å². The van der Waals surface area contributed by atoms with Gasteiger partial charge in [0.15, 0.2) is 11.5 Å². The average Bonchev–Trinajstić information content (AvgIpc) is 3.40. The van der Waals surface area contributed by atoms with Gasteiger partial charge >= 0.3 is 0 Å². The van der Waals surface area contributed by atoms with Crippen molar-refractivity contribution >= 4 is 46.5 Å². The lowest BCUT2D eigenvalue weighted by molar-refractivity contribution is 0.101. The Hall–Kier alpha value is -2.81. The first-order chi connectivity index (χ1) is 15.2. The quantitative estimate of drug-likeness (QED) is 0.393. The number of anilines is 1. The molecule has 32 heavy (non-hydrogen) atoms. The van der Waals surface area contributed by atoms with Gasteiger partial charge in [0, 0.05) is 27.9 Å². The van der Waals surface area contributed by atoms with Crippen LogP contribution in [0.15, 0.2) is 35.0 Å². The van der Waals surface area contributed by atoms with Gasteiger partial charge in [0.2, 0.25) is 0 Å². The van der Waals surface area contributed by atoms with Crippen LogP contribution < -0.4 is 5.32 Å². The fraction of sp³-hybridized carbons (Fsp3) is 0.238. The number of carbonyl (C=O) groups excluding carboxylic acids is 1. The minimum atomic E-state index is -0.431. The number of hydrogen-bond donors (Lipinski definition) is 1. The molecule has 0 fully saturated rings. The first-order valence-electron chi connectivity index (χ1n) is 9.66. The van der Waals surface area contributed by atoms with Crippen molar-refractivity contribution < 1.29 is 9.32 Å². The molecule has 0 aliphatic heterocycles. The van der Waals surface area contributed by atoms with Crippen molar-refractivity contribution in [3.05, 3.63) is 79.5 Å². The van der Waals surface area contributed by atoms with Gasteiger partial charge in [0.1, 0.15) is 5.76 Å². The number of amides is 1. The summed E-state index contributed by atoms with van der Waals surface area (Å²) in [6, 6.07) is 6.96. The van der Waals surface area contributed by atoms with E-state index in [2.05, 4.69) is 20.7 Å². The second kappa shape index (κ2) is 8.97. The second-order valence-corrected chi connectivity index (χ2v) is 8.52. The molecule has 0 saturated carbocycles. The van der Waals surface area contributed by atoms with E-state index < -0.39 is 5.91 Å². The van der Waals surface area contributed by atoms with Crippen LogP contribution in [0.4, 0.5) is 5.82 Å². The smallest absolute Gasteiger partial charge is 0.279 e. The number of benzene rings is 1. The number of hydrogen-bond acceptors (Lipinski definition) is 5. The summed E-state index contributed by atoms with van der Waals surface area (Å²) >= 11 is 18.4. The van der Waals surface area contributed by atoms with Gasteiger partial charge in [-0.05, 0) is 38.5 Å². The summed E-state index contributed by atoms with van der Waals surface area (Å²) in [4.78, 5) is 12.9. The van der Waals surface area contributed by atoms with Gasteiger partial charge < -0.3 is 9.84 Å². The predicted octanol–water partition coefficient (Wildman–Crippen LogP) is 5.30. The van der Waals surface area contributed by atoms with E-state index in [0.29, 0.717) is 45.3 Å². The van der Waals surface area contributed by atoms with Gasteiger partial charge in [-0.3, -0.25) is 14.2 Å². The Morgan fingerprint density at radius 3 is 2.56 bits per heavy atom. The maximum absolute atomic E-state index is 12.9. The molecule has 4 aromatic rings. The van der Waals surface area contributed by atoms with Crippen molar-refractivity contribution in [3.63, 3.8) is 0 Å². The Kier molecular flexibility index (Phi) is 6.28. The van der Waals surface area contributed by atoms with Crippen LogP contribution in [-0.4, -0.2) is 30.6 Å². The summed E-state index contributed by atoms with van der Waals surface area (Å²) in [5.41, 5.74) is 3.17. The summed E-state index contributed by atoms with van der Waals surface area (Å²) in [7, 11) is 0. The minimum absolute atomic E-state index is 0.168. The molecule has 3 aromatic heterocycles. The van der Waals surface area contributed by atoms with Crippen molar-refractivity contribution in [3.8, 4) is 0 Å². The molecule has 1 aromatic carbocycles. The van der Waals surface area contributed by atoms with E-state index in [0.717, 1.165) is 17.0 Å². The summed E-state index contributed by atoms with van der Waals surface area (Å²) in [6.45, 7) is 6.18.